The number of carboxylic acids is 1. The van der Waals surface area contributed by atoms with Gasteiger partial charge in [-0.3, -0.25) is 0 Å². The van der Waals surface area contributed by atoms with Crippen LogP contribution in [0.2, 0.25) is 0 Å². The molecule has 0 atom stereocenters. The smallest absolute Gasteiger partial charge is 0.339 e. The van der Waals surface area contributed by atoms with E-state index in [4.69, 9.17) is 9.84 Å². The molecule has 0 spiro atoms. The fraction of sp³-hybridized carbons (Fsp3) is 0.214. The summed E-state index contributed by atoms with van der Waals surface area (Å²) in [5.41, 5.74) is 1.63. The highest BCUT2D eigenvalue weighted by Crippen LogP contribution is 2.06. The second-order valence-electron chi connectivity index (χ2n) is 4.07. The number of ether oxygens (including phenoxy) is 1. The predicted molar refractivity (Wildman–Crippen MR) is 68.7 cm³/mol. The Hall–Kier alpha value is -2.27. The van der Waals surface area contributed by atoms with Crippen LogP contribution >= 0.6 is 0 Å². The van der Waals surface area contributed by atoms with Crippen LogP contribution in [0.3, 0.4) is 0 Å². The highest BCUT2D eigenvalue weighted by Gasteiger charge is 2.09. The Morgan fingerprint density at radius 3 is 2.63 bits per heavy atom. The molecule has 5 heteroatoms. The van der Waals surface area contributed by atoms with Crippen LogP contribution in [0, 0.1) is 6.92 Å². The molecule has 0 saturated heterocycles. The summed E-state index contributed by atoms with van der Waals surface area (Å²) < 4.78 is 5.49. The fourth-order valence-corrected chi connectivity index (χ4v) is 1.63. The molecule has 0 saturated carbocycles. The minimum Gasteiger partial charge on any atom is -0.478 e. The number of aromatic carboxylic acids is 1. The lowest BCUT2D eigenvalue weighted by Crippen LogP contribution is -2.07. The van der Waals surface area contributed by atoms with E-state index in [1.54, 1.807) is 6.92 Å². The molecule has 19 heavy (non-hydrogen) atoms. The fourth-order valence-electron chi connectivity index (χ4n) is 1.63. The molecule has 0 radical (unpaired) electrons. The van der Waals surface area contributed by atoms with E-state index >= 15 is 0 Å². The number of carboxylic acid groups (broad SMARTS) is 1. The van der Waals surface area contributed by atoms with Crippen LogP contribution < -0.4 is 0 Å². The van der Waals surface area contributed by atoms with Crippen LogP contribution in [0.1, 0.15) is 27.4 Å². The summed E-state index contributed by atoms with van der Waals surface area (Å²) in [6.07, 6.45) is 1.31. The molecular weight excluding hydrogens is 244 g/mol. The number of hydrogen-bond donors (Lipinski definition) is 1. The van der Waals surface area contributed by atoms with Crippen LogP contribution in [0.15, 0.2) is 36.5 Å². The average Bonchev–Trinajstić information content (AvgIpc) is 2.39. The first-order chi connectivity index (χ1) is 9.16. The van der Waals surface area contributed by atoms with Gasteiger partial charge in [-0.15, -0.1) is 0 Å². The van der Waals surface area contributed by atoms with Gasteiger partial charge in [0.15, 0.2) is 5.82 Å². The highest BCUT2D eigenvalue weighted by molar-refractivity contribution is 5.88. The molecule has 5 nitrogen and oxygen atoms in total. The second kappa shape index (κ2) is 6.06. The summed E-state index contributed by atoms with van der Waals surface area (Å²) in [4.78, 5) is 18.9. The van der Waals surface area contributed by atoms with E-state index in [9.17, 15) is 4.79 Å². The molecule has 0 aliphatic heterocycles. The number of nitrogens with zero attached hydrogens (tertiary/aromatic N) is 2. The largest absolute Gasteiger partial charge is 0.478 e. The lowest BCUT2D eigenvalue weighted by atomic mass is 10.2. The maximum atomic E-state index is 10.8. The molecule has 0 bridgehead atoms. The van der Waals surface area contributed by atoms with E-state index < -0.39 is 5.97 Å². The molecular formula is C14H14N2O3. The van der Waals surface area contributed by atoms with Crippen molar-refractivity contribution in [1.82, 2.24) is 9.97 Å². The Bertz CT molecular complexity index is 570. The van der Waals surface area contributed by atoms with Crippen molar-refractivity contribution < 1.29 is 14.6 Å². The van der Waals surface area contributed by atoms with Gasteiger partial charge >= 0.3 is 5.97 Å². The molecule has 1 heterocycles. The molecule has 98 valence electrons. The molecule has 0 aliphatic carbocycles. The molecule has 0 unspecified atom stereocenters. The summed E-state index contributed by atoms with van der Waals surface area (Å²) in [5.74, 6) is -0.535. The predicted octanol–water partition coefficient (Wildman–Crippen LogP) is 2.20. The number of hydrogen-bond acceptors (Lipinski definition) is 4. The first-order valence-electron chi connectivity index (χ1n) is 5.84. The van der Waals surface area contributed by atoms with Gasteiger partial charge in [0.1, 0.15) is 6.61 Å². The van der Waals surface area contributed by atoms with Gasteiger partial charge in [-0.2, -0.15) is 0 Å². The standard InChI is InChI=1S/C14H14N2O3/c1-10-12(14(17)18)7-15-13(16-10)9-19-8-11-5-3-2-4-6-11/h2-7H,8-9H2,1H3,(H,17,18). The first kappa shape index (κ1) is 13.2. The number of carbonyl (C=O) groups is 1. The third-order valence-electron chi connectivity index (χ3n) is 2.60. The van der Waals surface area contributed by atoms with Gasteiger partial charge in [0.25, 0.3) is 0 Å². The Morgan fingerprint density at radius 1 is 1.26 bits per heavy atom. The summed E-state index contributed by atoms with van der Waals surface area (Å²) in [5, 5.41) is 8.87. The summed E-state index contributed by atoms with van der Waals surface area (Å²) in [7, 11) is 0. The Morgan fingerprint density at radius 2 is 2.00 bits per heavy atom. The van der Waals surface area contributed by atoms with Gasteiger partial charge in [-0.05, 0) is 12.5 Å². The molecule has 2 rings (SSSR count). The zero-order chi connectivity index (χ0) is 13.7. The van der Waals surface area contributed by atoms with Crippen molar-refractivity contribution in [3.05, 3.63) is 59.2 Å². The van der Waals surface area contributed by atoms with Crippen molar-refractivity contribution in [2.45, 2.75) is 20.1 Å². The van der Waals surface area contributed by atoms with Crippen LogP contribution in [-0.2, 0) is 18.0 Å². The van der Waals surface area contributed by atoms with Crippen LogP contribution in [0.25, 0.3) is 0 Å². The lowest BCUT2D eigenvalue weighted by molar-refractivity contribution is 0.0694. The van der Waals surface area contributed by atoms with Crippen molar-refractivity contribution in [2.75, 3.05) is 0 Å². The molecule has 0 amide bonds. The minimum atomic E-state index is -1.02. The van der Waals surface area contributed by atoms with Crippen LogP contribution in [-0.4, -0.2) is 21.0 Å². The molecule has 1 aromatic carbocycles. The second-order valence-corrected chi connectivity index (χ2v) is 4.07. The number of rotatable bonds is 5. The highest BCUT2D eigenvalue weighted by atomic mass is 16.5. The molecule has 0 fully saturated rings. The summed E-state index contributed by atoms with van der Waals surface area (Å²) >= 11 is 0. The molecule has 1 N–H and O–H groups in total. The lowest BCUT2D eigenvalue weighted by Gasteiger charge is -2.05. The third kappa shape index (κ3) is 3.59. The van der Waals surface area contributed by atoms with Gasteiger partial charge in [-0.25, -0.2) is 14.8 Å². The van der Waals surface area contributed by atoms with Crippen LogP contribution in [0.5, 0.6) is 0 Å². The Kier molecular flexibility index (Phi) is 4.20. The normalized spacial score (nSPS) is 10.4. The number of aryl methyl sites for hydroxylation is 1. The number of aromatic nitrogens is 2. The minimum absolute atomic E-state index is 0.117. The van der Waals surface area contributed by atoms with Gasteiger partial charge in [0.2, 0.25) is 0 Å². The molecule has 0 aliphatic rings. The maximum Gasteiger partial charge on any atom is 0.339 e. The topological polar surface area (TPSA) is 72.3 Å². The third-order valence-corrected chi connectivity index (χ3v) is 2.60. The van der Waals surface area contributed by atoms with Gasteiger partial charge in [-0.1, -0.05) is 30.3 Å². The van der Waals surface area contributed by atoms with Gasteiger partial charge in [0.05, 0.1) is 17.9 Å². The van der Waals surface area contributed by atoms with Gasteiger partial charge in [0, 0.05) is 6.20 Å². The van der Waals surface area contributed by atoms with Crippen LogP contribution in [0.4, 0.5) is 0 Å². The monoisotopic (exact) mass is 258 g/mol. The zero-order valence-corrected chi connectivity index (χ0v) is 10.5. The van der Waals surface area contributed by atoms with E-state index in [2.05, 4.69) is 9.97 Å². The Balaban J connectivity index is 1.93. The Labute approximate surface area is 110 Å². The van der Waals surface area contributed by atoms with E-state index in [1.165, 1.54) is 6.20 Å². The summed E-state index contributed by atoms with van der Waals surface area (Å²) in [6.45, 7) is 2.38. The van der Waals surface area contributed by atoms with E-state index in [0.717, 1.165) is 5.56 Å². The van der Waals surface area contributed by atoms with Crippen molar-refractivity contribution >= 4 is 5.97 Å². The zero-order valence-electron chi connectivity index (χ0n) is 10.5. The SMILES string of the molecule is Cc1nc(COCc2ccccc2)ncc1C(=O)O. The summed E-state index contributed by atoms with van der Waals surface area (Å²) in [6, 6.07) is 9.78. The average molecular weight is 258 g/mol. The van der Waals surface area contributed by atoms with Crippen molar-refractivity contribution in [3.63, 3.8) is 0 Å². The van der Waals surface area contributed by atoms with Crippen molar-refractivity contribution in [1.29, 1.82) is 0 Å². The van der Waals surface area contributed by atoms with E-state index in [1.807, 2.05) is 30.3 Å². The molecule has 2 aromatic rings. The first-order valence-corrected chi connectivity index (χ1v) is 5.84. The van der Waals surface area contributed by atoms with E-state index in [-0.39, 0.29) is 12.2 Å². The van der Waals surface area contributed by atoms with Crippen molar-refractivity contribution in [2.24, 2.45) is 0 Å². The quantitative estimate of drug-likeness (QED) is 0.890. The maximum absolute atomic E-state index is 10.8. The molecule has 1 aromatic heterocycles. The number of benzene rings is 1. The van der Waals surface area contributed by atoms with E-state index in [0.29, 0.717) is 18.1 Å². The van der Waals surface area contributed by atoms with Crippen molar-refractivity contribution in [3.8, 4) is 0 Å². The van der Waals surface area contributed by atoms with Gasteiger partial charge < -0.3 is 9.84 Å².